The summed E-state index contributed by atoms with van der Waals surface area (Å²) in [6.07, 6.45) is 0. The van der Waals surface area contributed by atoms with E-state index in [1.165, 1.54) is 0 Å². The van der Waals surface area contributed by atoms with Gasteiger partial charge in [-0.2, -0.15) is 0 Å². The van der Waals surface area contributed by atoms with E-state index in [-0.39, 0.29) is 29.9 Å². The van der Waals surface area contributed by atoms with E-state index in [0.29, 0.717) is 5.56 Å². The minimum Gasteiger partial charge on any atom is -0.311 e. The van der Waals surface area contributed by atoms with E-state index in [9.17, 15) is 0 Å². The molecule has 1 heteroatoms. The second-order valence-corrected chi connectivity index (χ2v) is 4.48. The third-order valence-electron chi connectivity index (χ3n) is 2.99. The molecule has 0 saturated heterocycles. The zero-order valence-electron chi connectivity index (χ0n) is 15.2. The number of rotatable bonds is 3. The molecule has 3 aromatic rings. The number of hydrogen-bond donors (Lipinski definition) is 0. The molecule has 0 spiro atoms. The van der Waals surface area contributed by atoms with Crippen LogP contribution in [0.4, 0.5) is 17.1 Å². The Labute approximate surface area is 125 Å². The van der Waals surface area contributed by atoms with Crippen LogP contribution in [0.15, 0.2) is 84.8 Å². The minimum atomic E-state index is -0.0405. The van der Waals surface area contributed by atoms with E-state index in [1.807, 2.05) is 60.7 Å². The molecule has 0 heterocycles. The molecule has 0 N–H and O–H groups in total. The summed E-state index contributed by atoms with van der Waals surface area (Å²) in [6.45, 7) is 1.61. The lowest BCUT2D eigenvalue weighted by molar-refractivity contribution is 1.27. The number of anilines is 3. The molecule has 20 heavy (non-hydrogen) atoms. The lowest BCUT2D eigenvalue weighted by Crippen LogP contribution is -2.09. The van der Waals surface area contributed by atoms with Crippen LogP contribution in [0.3, 0.4) is 0 Å². The summed E-state index contributed by atoms with van der Waals surface area (Å²) in [5, 5.41) is 0. The first-order chi connectivity index (χ1) is 11.5. The first kappa shape index (κ1) is 8.60. The topological polar surface area (TPSA) is 3.24 Å². The fourth-order valence-electron chi connectivity index (χ4n) is 2.04. The third kappa shape index (κ3) is 2.57. The Hall–Kier alpha value is -2.54. The molecule has 0 unspecified atom stereocenters. The van der Waals surface area contributed by atoms with E-state index in [0.717, 1.165) is 11.4 Å². The maximum atomic E-state index is 8.37. The van der Waals surface area contributed by atoms with Crippen LogP contribution >= 0.6 is 0 Å². The molecule has 0 atom stereocenters. The van der Waals surface area contributed by atoms with Gasteiger partial charge in [-0.15, -0.1) is 0 Å². The van der Waals surface area contributed by atoms with Crippen molar-refractivity contribution in [1.29, 1.82) is 0 Å². The summed E-state index contributed by atoms with van der Waals surface area (Å²) in [4.78, 5) is 1.76. The van der Waals surface area contributed by atoms with Crippen LogP contribution < -0.4 is 4.90 Å². The molecule has 0 aliphatic carbocycles. The molecule has 0 fully saturated rings. The summed E-state index contributed by atoms with van der Waals surface area (Å²) >= 11 is 0. The van der Waals surface area contributed by atoms with Gasteiger partial charge >= 0.3 is 0 Å². The highest BCUT2D eigenvalue weighted by Crippen LogP contribution is 2.33. The van der Waals surface area contributed by atoms with E-state index < -0.39 is 0 Å². The van der Waals surface area contributed by atoms with Gasteiger partial charge in [-0.3, -0.25) is 0 Å². The number of benzene rings is 3. The van der Waals surface area contributed by atoms with Crippen molar-refractivity contribution < 1.29 is 5.48 Å². The predicted octanol–water partition coefficient (Wildman–Crippen LogP) is 5.46. The Morgan fingerprint density at radius 2 is 1.10 bits per heavy atom. The third-order valence-corrected chi connectivity index (χ3v) is 2.99. The Bertz CT molecular complexity index is 795. The second-order valence-electron chi connectivity index (χ2n) is 4.48. The van der Waals surface area contributed by atoms with Crippen LogP contribution in [0, 0.1) is 6.92 Å². The zero-order chi connectivity index (χ0) is 17.3. The van der Waals surface area contributed by atoms with Crippen LogP contribution in [-0.4, -0.2) is 0 Å². The molecule has 0 bridgehead atoms. The SMILES string of the molecule is [2H]c1c([2H])c(N(c2ccccc2)c2ccccc2)c([2H])c([2H])c1C. The van der Waals surface area contributed by atoms with Crippen LogP contribution in [0.1, 0.15) is 11.0 Å². The van der Waals surface area contributed by atoms with Gasteiger partial charge in [0, 0.05) is 17.1 Å². The van der Waals surface area contributed by atoms with Crippen LogP contribution in [-0.2, 0) is 0 Å². The van der Waals surface area contributed by atoms with Crippen molar-refractivity contribution in [3.63, 3.8) is 0 Å². The lowest BCUT2D eigenvalue weighted by atomic mass is 10.1. The molecular weight excluding hydrogens is 242 g/mol. The molecule has 0 aliphatic rings. The summed E-state index contributed by atoms with van der Waals surface area (Å²) in [5.41, 5.74) is 2.18. The summed E-state index contributed by atoms with van der Waals surface area (Å²) in [7, 11) is 0. The average Bonchev–Trinajstić information content (AvgIpc) is 2.63. The summed E-state index contributed by atoms with van der Waals surface area (Å²) in [5.74, 6) is 0. The van der Waals surface area contributed by atoms with Gasteiger partial charge in [0.05, 0.1) is 5.48 Å². The van der Waals surface area contributed by atoms with Gasteiger partial charge in [-0.1, -0.05) is 54.0 Å². The molecule has 98 valence electrons. The van der Waals surface area contributed by atoms with E-state index >= 15 is 0 Å². The number of para-hydroxylation sites is 2. The van der Waals surface area contributed by atoms with Crippen LogP contribution in [0.2, 0.25) is 0 Å². The Balaban J connectivity index is 2.33. The Morgan fingerprint density at radius 3 is 1.55 bits per heavy atom. The Kier molecular flexibility index (Phi) is 2.41. The van der Waals surface area contributed by atoms with Crippen molar-refractivity contribution in [3.05, 3.63) is 90.4 Å². The van der Waals surface area contributed by atoms with Gasteiger partial charge in [0.2, 0.25) is 0 Å². The summed E-state index contributed by atoms with van der Waals surface area (Å²) in [6, 6.07) is 18.8. The summed E-state index contributed by atoms with van der Waals surface area (Å²) < 4.78 is 33.0. The van der Waals surface area contributed by atoms with Crippen molar-refractivity contribution in [2.75, 3.05) is 4.90 Å². The van der Waals surface area contributed by atoms with Crippen LogP contribution in [0.5, 0.6) is 0 Å². The quantitative estimate of drug-likeness (QED) is 0.606. The monoisotopic (exact) mass is 263 g/mol. The molecule has 0 aromatic heterocycles. The van der Waals surface area contributed by atoms with Crippen molar-refractivity contribution in [2.45, 2.75) is 6.92 Å². The Morgan fingerprint density at radius 1 is 0.650 bits per heavy atom. The molecule has 1 nitrogen and oxygen atoms in total. The molecule has 0 aliphatic heterocycles. The molecule has 0 saturated carbocycles. The molecule has 0 radical (unpaired) electrons. The maximum Gasteiger partial charge on any atom is 0.0645 e. The fourth-order valence-corrected chi connectivity index (χ4v) is 2.04. The van der Waals surface area contributed by atoms with Crippen LogP contribution in [0.25, 0.3) is 0 Å². The molecular formula is C19H17N. The highest BCUT2D eigenvalue weighted by atomic mass is 15.1. The van der Waals surface area contributed by atoms with Gasteiger partial charge in [0.25, 0.3) is 0 Å². The van der Waals surface area contributed by atoms with Crippen molar-refractivity contribution in [1.82, 2.24) is 0 Å². The predicted molar refractivity (Wildman–Crippen MR) is 85.9 cm³/mol. The zero-order valence-corrected chi connectivity index (χ0v) is 11.2. The molecule has 3 rings (SSSR count). The van der Waals surface area contributed by atoms with Gasteiger partial charge in [0.15, 0.2) is 0 Å². The molecule has 3 aromatic carbocycles. The average molecular weight is 263 g/mol. The van der Waals surface area contributed by atoms with Crippen molar-refractivity contribution in [2.24, 2.45) is 0 Å². The van der Waals surface area contributed by atoms with E-state index in [2.05, 4.69) is 0 Å². The normalized spacial score (nSPS) is 13.1. The fraction of sp³-hybridized carbons (Fsp3) is 0.0526. The first-order valence-corrected chi connectivity index (χ1v) is 6.49. The highest BCUT2D eigenvalue weighted by molar-refractivity contribution is 5.76. The van der Waals surface area contributed by atoms with E-state index in [1.54, 1.807) is 11.8 Å². The van der Waals surface area contributed by atoms with Gasteiger partial charge in [-0.25, -0.2) is 0 Å². The van der Waals surface area contributed by atoms with Crippen molar-refractivity contribution >= 4 is 17.1 Å². The maximum absolute atomic E-state index is 8.37. The standard InChI is InChI=1S/C19H17N/c1-16-12-14-19(15-13-16)20(17-8-4-2-5-9-17)18-10-6-3-7-11-18/h2-15H,1H3/i12D,13D,14D,15D. The van der Waals surface area contributed by atoms with Gasteiger partial charge in [0.1, 0.15) is 0 Å². The van der Waals surface area contributed by atoms with Gasteiger partial charge in [-0.05, 0) is 43.3 Å². The minimum absolute atomic E-state index is 0.0112. The first-order valence-electron chi connectivity index (χ1n) is 8.49. The smallest absolute Gasteiger partial charge is 0.0645 e. The highest BCUT2D eigenvalue weighted by Gasteiger charge is 2.10. The molecule has 0 amide bonds. The lowest BCUT2D eigenvalue weighted by Gasteiger charge is -2.25. The largest absolute Gasteiger partial charge is 0.311 e. The number of nitrogens with zero attached hydrogens (tertiary/aromatic N) is 1. The number of hydrogen-bond acceptors (Lipinski definition) is 1. The van der Waals surface area contributed by atoms with Crippen molar-refractivity contribution in [3.8, 4) is 0 Å². The van der Waals surface area contributed by atoms with E-state index in [4.69, 9.17) is 5.48 Å². The second kappa shape index (κ2) is 5.62. The van der Waals surface area contributed by atoms with Gasteiger partial charge < -0.3 is 4.90 Å².